The lowest BCUT2D eigenvalue weighted by Crippen LogP contribution is -2.16. The molecule has 0 spiro atoms. The summed E-state index contributed by atoms with van der Waals surface area (Å²) in [6, 6.07) is 0. The van der Waals surface area contributed by atoms with Gasteiger partial charge in [0.2, 0.25) is 5.95 Å². The van der Waals surface area contributed by atoms with Gasteiger partial charge >= 0.3 is 0 Å². The molecule has 0 aliphatic rings. The fourth-order valence-electron chi connectivity index (χ4n) is 1.49. The van der Waals surface area contributed by atoms with Crippen LogP contribution in [0.15, 0.2) is 0 Å². The SMILES string of the molecule is COC(c1nc(N)nc(C(C)C)n1)C(C)C. The molecule has 0 aliphatic carbocycles. The van der Waals surface area contributed by atoms with Gasteiger partial charge in [-0.2, -0.15) is 9.97 Å². The predicted molar refractivity (Wildman–Crippen MR) is 62.9 cm³/mol. The van der Waals surface area contributed by atoms with Crippen molar-refractivity contribution in [2.24, 2.45) is 5.92 Å². The van der Waals surface area contributed by atoms with Crippen LogP contribution < -0.4 is 5.73 Å². The number of hydrogen-bond acceptors (Lipinski definition) is 5. The van der Waals surface area contributed by atoms with Crippen LogP contribution in [0.1, 0.15) is 51.4 Å². The molecule has 5 nitrogen and oxygen atoms in total. The third kappa shape index (κ3) is 2.88. The van der Waals surface area contributed by atoms with E-state index in [1.54, 1.807) is 7.11 Å². The van der Waals surface area contributed by atoms with Crippen LogP contribution in [0.2, 0.25) is 0 Å². The van der Waals surface area contributed by atoms with Crippen LogP contribution in [-0.4, -0.2) is 22.1 Å². The molecule has 0 saturated heterocycles. The van der Waals surface area contributed by atoms with Crippen LogP contribution in [0, 0.1) is 5.92 Å². The highest BCUT2D eigenvalue weighted by atomic mass is 16.5. The number of nitrogen functional groups attached to an aromatic ring is 1. The highest BCUT2D eigenvalue weighted by Gasteiger charge is 2.20. The second kappa shape index (κ2) is 5.21. The number of aromatic nitrogens is 3. The molecule has 1 atom stereocenters. The summed E-state index contributed by atoms with van der Waals surface area (Å²) < 4.78 is 5.38. The number of nitrogens with zero attached hydrogens (tertiary/aromatic N) is 3. The lowest BCUT2D eigenvalue weighted by Gasteiger charge is -2.18. The summed E-state index contributed by atoms with van der Waals surface area (Å²) in [5, 5.41) is 0. The molecule has 0 bridgehead atoms. The monoisotopic (exact) mass is 224 g/mol. The van der Waals surface area contributed by atoms with E-state index in [4.69, 9.17) is 10.5 Å². The number of anilines is 1. The molecule has 1 heterocycles. The van der Waals surface area contributed by atoms with E-state index in [0.29, 0.717) is 17.6 Å². The molecule has 0 radical (unpaired) electrons. The first-order valence-corrected chi connectivity index (χ1v) is 5.49. The molecule has 90 valence electrons. The summed E-state index contributed by atoms with van der Waals surface area (Å²) in [6.45, 7) is 8.16. The van der Waals surface area contributed by atoms with E-state index in [1.165, 1.54) is 0 Å². The average Bonchev–Trinajstić information content (AvgIpc) is 2.17. The highest BCUT2D eigenvalue weighted by Crippen LogP contribution is 2.23. The summed E-state index contributed by atoms with van der Waals surface area (Å²) in [5.74, 6) is 2.12. The molecule has 1 aromatic heterocycles. The van der Waals surface area contributed by atoms with Gasteiger partial charge in [-0.15, -0.1) is 0 Å². The van der Waals surface area contributed by atoms with Crippen LogP contribution in [0.3, 0.4) is 0 Å². The lowest BCUT2D eigenvalue weighted by molar-refractivity contribution is 0.0571. The van der Waals surface area contributed by atoms with Gasteiger partial charge < -0.3 is 10.5 Å². The molecule has 0 aromatic carbocycles. The number of ether oxygens (including phenoxy) is 1. The van der Waals surface area contributed by atoms with E-state index in [9.17, 15) is 0 Å². The quantitative estimate of drug-likeness (QED) is 0.845. The zero-order chi connectivity index (χ0) is 12.3. The Morgan fingerprint density at radius 3 is 2.00 bits per heavy atom. The normalized spacial score (nSPS) is 13.4. The summed E-state index contributed by atoms with van der Waals surface area (Å²) in [7, 11) is 1.65. The Hall–Kier alpha value is -1.23. The van der Waals surface area contributed by atoms with Gasteiger partial charge in [0.05, 0.1) is 0 Å². The summed E-state index contributed by atoms with van der Waals surface area (Å²) in [5.41, 5.74) is 5.67. The average molecular weight is 224 g/mol. The van der Waals surface area contributed by atoms with Crippen molar-refractivity contribution in [3.05, 3.63) is 11.6 Å². The van der Waals surface area contributed by atoms with Crippen molar-refractivity contribution in [3.8, 4) is 0 Å². The van der Waals surface area contributed by atoms with Crippen LogP contribution in [-0.2, 0) is 4.74 Å². The number of methoxy groups -OCH3 is 1. The molecule has 0 saturated carbocycles. The predicted octanol–water partition coefficient (Wildman–Crippen LogP) is 1.92. The summed E-state index contributed by atoms with van der Waals surface area (Å²) in [4.78, 5) is 12.6. The van der Waals surface area contributed by atoms with Gasteiger partial charge in [0, 0.05) is 13.0 Å². The van der Waals surface area contributed by atoms with Crippen molar-refractivity contribution in [1.82, 2.24) is 15.0 Å². The molecule has 16 heavy (non-hydrogen) atoms. The minimum absolute atomic E-state index is 0.136. The Labute approximate surface area is 96.5 Å². The second-order valence-electron chi connectivity index (χ2n) is 4.47. The van der Waals surface area contributed by atoms with Gasteiger partial charge in [0.25, 0.3) is 0 Å². The number of nitrogens with two attached hydrogens (primary N) is 1. The third-order valence-electron chi connectivity index (χ3n) is 2.32. The largest absolute Gasteiger partial charge is 0.373 e. The zero-order valence-corrected chi connectivity index (χ0v) is 10.6. The van der Waals surface area contributed by atoms with Crippen LogP contribution in [0.5, 0.6) is 0 Å². The molecule has 1 aromatic rings. The standard InChI is InChI=1S/C11H20N4O/c1-6(2)8(16-5)10-13-9(7(3)4)14-11(12)15-10/h6-8H,1-5H3,(H2,12,13,14,15). The fourth-order valence-corrected chi connectivity index (χ4v) is 1.49. The first kappa shape index (κ1) is 12.8. The zero-order valence-electron chi connectivity index (χ0n) is 10.6. The number of rotatable bonds is 4. The molecule has 0 aliphatic heterocycles. The van der Waals surface area contributed by atoms with Crippen molar-refractivity contribution in [1.29, 1.82) is 0 Å². The molecule has 1 unspecified atom stereocenters. The van der Waals surface area contributed by atoms with Gasteiger partial charge in [-0.25, -0.2) is 4.98 Å². The van der Waals surface area contributed by atoms with E-state index < -0.39 is 0 Å². The van der Waals surface area contributed by atoms with Crippen molar-refractivity contribution in [2.45, 2.75) is 39.7 Å². The maximum atomic E-state index is 5.67. The van der Waals surface area contributed by atoms with Gasteiger partial charge in [-0.1, -0.05) is 27.7 Å². The molecule has 2 N–H and O–H groups in total. The Morgan fingerprint density at radius 1 is 1.00 bits per heavy atom. The highest BCUT2D eigenvalue weighted by molar-refractivity contribution is 5.18. The Kier molecular flexibility index (Phi) is 4.18. The Balaban J connectivity index is 3.12. The molecule has 5 heteroatoms. The minimum Gasteiger partial charge on any atom is -0.373 e. The third-order valence-corrected chi connectivity index (χ3v) is 2.32. The van der Waals surface area contributed by atoms with Gasteiger partial charge in [-0.05, 0) is 5.92 Å². The molecular formula is C11H20N4O. The summed E-state index contributed by atoms with van der Waals surface area (Å²) >= 11 is 0. The minimum atomic E-state index is -0.136. The van der Waals surface area contributed by atoms with E-state index in [-0.39, 0.29) is 18.0 Å². The lowest BCUT2D eigenvalue weighted by atomic mass is 10.1. The van der Waals surface area contributed by atoms with E-state index >= 15 is 0 Å². The van der Waals surface area contributed by atoms with Gasteiger partial charge in [0.15, 0.2) is 5.82 Å². The first-order chi connectivity index (χ1) is 7.45. The van der Waals surface area contributed by atoms with Crippen LogP contribution >= 0.6 is 0 Å². The fraction of sp³-hybridized carbons (Fsp3) is 0.727. The van der Waals surface area contributed by atoms with Crippen molar-refractivity contribution < 1.29 is 4.74 Å². The van der Waals surface area contributed by atoms with Crippen LogP contribution in [0.4, 0.5) is 5.95 Å². The second-order valence-corrected chi connectivity index (χ2v) is 4.47. The first-order valence-electron chi connectivity index (χ1n) is 5.49. The number of hydrogen-bond donors (Lipinski definition) is 1. The smallest absolute Gasteiger partial charge is 0.223 e. The Morgan fingerprint density at radius 2 is 1.56 bits per heavy atom. The molecule has 0 amide bonds. The van der Waals surface area contributed by atoms with Crippen molar-refractivity contribution in [3.63, 3.8) is 0 Å². The molecule has 1 rings (SSSR count). The van der Waals surface area contributed by atoms with Gasteiger partial charge in [-0.3, -0.25) is 0 Å². The van der Waals surface area contributed by atoms with E-state index in [2.05, 4.69) is 28.8 Å². The van der Waals surface area contributed by atoms with Crippen LogP contribution in [0.25, 0.3) is 0 Å². The van der Waals surface area contributed by atoms with Crippen molar-refractivity contribution >= 4 is 5.95 Å². The summed E-state index contributed by atoms with van der Waals surface area (Å²) in [6.07, 6.45) is -0.136. The van der Waals surface area contributed by atoms with E-state index in [1.807, 2.05) is 13.8 Å². The van der Waals surface area contributed by atoms with Gasteiger partial charge in [0.1, 0.15) is 11.9 Å². The molecule has 0 fully saturated rings. The topological polar surface area (TPSA) is 73.9 Å². The maximum absolute atomic E-state index is 5.67. The van der Waals surface area contributed by atoms with Crippen molar-refractivity contribution in [2.75, 3.05) is 12.8 Å². The molecular weight excluding hydrogens is 204 g/mol. The van der Waals surface area contributed by atoms with E-state index in [0.717, 1.165) is 0 Å². The Bertz CT molecular complexity index is 352. The maximum Gasteiger partial charge on any atom is 0.223 e.